The number of hydrogen-bond donors (Lipinski definition) is 0. The van der Waals surface area contributed by atoms with Gasteiger partial charge in [0.2, 0.25) is 15.1 Å². The van der Waals surface area contributed by atoms with E-state index in [1.807, 2.05) is 80.5 Å². The van der Waals surface area contributed by atoms with E-state index in [-0.39, 0.29) is 29.7 Å². The molecule has 4 heterocycles. The van der Waals surface area contributed by atoms with Crippen molar-refractivity contribution in [2.75, 3.05) is 11.7 Å². The molecule has 0 saturated carbocycles. The predicted molar refractivity (Wildman–Crippen MR) is 210 cm³/mol. The first-order valence-corrected chi connectivity index (χ1v) is 21.2. The quantitative estimate of drug-likeness (QED) is 0.148. The van der Waals surface area contributed by atoms with Crippen LogP contribution in [0.1, 0.15) is 72.2 Å². The highest BCUT2D eigenvalue weighted by Gasteiger charge is 2.39. The van der Waals surface area contributed by atoms with Crippen molar-refractivity contribution in [3.8, 4) is 28.5 Å². The third-order valence-electron chi connectivity index (χ3n) is 11.1. The van der Waals surface area contributed by atoms with Gasteiger partial charge in [-0.15, -0.1) is 0 Å². The Hall–Kier alpha value is -5.29. The molecule has 53 heavy (non-hydrogen) atoms. The summed E-state index contributed by atoms with van der Waals surface area (Å²) in [6.45, 7) is 18.3. The van der Waals surface area contributed by atoms with Gasteiger partial charge in [-0.05, 0) is 98.9 Å². The molecule has 0 bridgehead atoms. The van der Waals surface area contributed by atoms with Gasteiger partial charge in [0.15, 0.2) is 11.5 Å². The van der Waals surface area contributed by atoms with Gasteiger partial charge in [-0.1, -0.05) is 45.0 Å². The zero-order valence-electron chi connectivity index (χ0n) is 32.2. The van der Waals surface area contributed by atoms with E-state index in [2.05, 4.69) is 62.6 Å². The molecule has 2 amide bonds. The molecular formula is C42H49N5O5Si. The Labute approximate surface area is 313 Å². The molecule has 0 unspecified atom stereocenters. The lowest BCUT2D eigenvalue weighted by atomic mass is 9.93. The van der Waals surface area contributed by atoms with E-state index in [9.17, 15) is 9.59 Å². The largest absolute Gasteiger partial charge is 0.544 e. The molecule has 10 nitrogen and oxygen atoms in total. The molecule has 1 atom stereocenters. The van der Waals surface area contributed by atoms with Crippen LogP contribution < -0.4 is 18.8 Å². The summed E-state index contributed by atoms with van der Waals surface area (Å²) >= 11 is 0. The van der Waals surface area contributed by atoms with E-state index in [0.717, 1.165) is 29.1 Å². The number of hydrogen-bond acceptors (Lipinski definition) is 6. The Morgan fingerprint density at radius 3 is 2.28 bits per heavy atom. The van der Waals surface area contributed by atoms with Gasteiger partial charge in [0.05, 0.1) is 23.0 Å². The van der Waals surface area contributed by atoms with E-state index in [1.54, 1.807) is 21.8 Å². The fourth-order valence-electron chi connectivity index (χ4n) is 7.07. The number of fused-ring (bicyclic) bond motifs is 2. The summed E-state index contributed by atoms with van der Waals surface area (Å²) in [5, 5.41) is 4.45. The maximum Gasteiger partial charge on any atom is 0.264 e. The van der Waals surface area contributed by atoms with E-state index in [4.69, 9.17) is 13.9 Å². The second-order valence-electron chi connectivity index (χ2n) is 15.6. The molecule has 11 heteroatoms. The van der Waals surface area contributed by atoms with E-state index in [0.29, 0.717) is 52.7 Å². The zero-order chi connectivity index (χ0) is 37.8. The van der Waals surface area contributed by atoms with Crippen LogP contribution in [0.2, 0.25) is 18.1 Å². The number of anilines is 2. The molecule has 0 radical (unpaired) electrons. The Bertz CT molecular complexity index is 2200. The molecule has 2 aliphatic heterocycles. The summed E-state index contributed by atoms with van der Waals surface area (Å²) in [4.78, 5) is 33.1. The van der Waals surface area contributed by atoms with Crippen molar-refractivity contribution in [2.24, 2.45) is 7.05 Å². The zero-order valence-corrected chi connectivity index (χ0v) is 33.2. The minimum absolute atomic E-state index is 0.000727. The molecule has 0 fully saturated rings. The molecule has 5 aromatic rings. The van der Waals surface area contributed by atoms with E-state index >= 15 is 0 Å². The first-order chi connectivity index (χ1) is 25.2. The average Bonchev–Trinajstić information content (AvgIpc) is 3.85. The van der Waals surface area contributed by atoms with E-state index < -0.39 is 8.32 Å². The van der Waals surface area contributed by atoms with Crippen LogP contribution in [-0.2, 0) is 26.6 Å². The maximum atomic E-state index is 14.9. The maximum absolute atomic E-state index is 14.9. The molecule has 3 aromatic carbocycles. The lowest BCUT2D eigenvalue weighted by Gasteiger charge is -2.36. The van der Waals surface area contributed by atoms with Crippen LogP contribution in [0.15, 0.2) is 79.1 Å². The monoisotopic (exact) mass is 731 g/mol. The number of rotatable bonds is 8. The van der Waals surface area contributed by atoms with Crippen LogP contribution >= 0.6 is 0 Å². The summed E-state index contributed by atoms with van der Waals surface area (Å²) in [5.74, 6) is 1.58. The van der Waals surface area contributed by atoms with Crippen molar-refractivity contribution in [2.45, 2.75) is 85.2 Å². The lowest BCUT2D eigenvalue weighted by molar-refractivity contribution is 0.0658. The summed E-state index contributed by atoms with van der Waals surface area (Å²) in [7, 11) is -0.231. The van der Waals surface area contributed by atoms with Crippen LogP contribution in [-0.4, -0.2) is 52.2 Å². The number of carbonyl (C=O) groups excluding carboxylic acids is 2. The Morgan fingerprint density at radius 2 is 1.64 bits per heavy atom. The molecule has 7 rings (SSSR count). The van der Waals surface area contributed by atoms with Crippen LogP contribution in [0.3, 0.4) is 0 Å². The molecule has 0 N–H and O–H groups in total. The molecule has 276 valence electrons. The molecule has 0 aliphatic carbocycles. The third kappa shape index (κ3) is 6.62. The lowest BCUT2D eigenvalue weighted by Crippen LogP contribution is -2.43. The number of aryl methyl sites for hydroxylation is 1. The van der Waals surface area contributed by atoms with E-state index in [1.165, 1.54) is 5.56 Å². The number of benzene rings is 3. The SMILES string of the molecule is CCn1c(-c2cc3c(cc2C(=O)N2Cc4ccccc4C[C@H]2C)OCO3)cc(C(=O)N(c2ccc(O[Si](C)(C)C(C)(C)C)cc2)c2cnn(C)c2)c1C. The Morgan fingerprint density at radius 1 is 0.962 bits per heavy atom. The normalized spacial score (nSPS) is 15.3. The molecule has 0 saturated heterocycles. The van der Waals surface area contributed by atoms with Crippen LogP contribution in [0.5, 0.6) is 17.2 Å². The van der Waals surface area contributed by atoms with Crippen LogP contribution in [0.25, 0.3) is 11.3 Å². The summed E-state index contributed by atoms with van der Waals surface area (Å²) in [6.07, 6.45) is 4.30. The summed E-state index contributed by atoms with van der Waals surface area (Å²) in [5.41, 5.74) is 7.00. The summed E-state index contributed by atoms with van der Waals surface area (Å²) < 4.78 is 21.9. The van der Waals surface area contributed by atoms with Crippen molar-refractivity contribution >= 4 is 31.5 Å². The second kappa shape index (κ2) is 13.6. The third-order valence-corrected chi connectivity index (χ3v) is 15.5. The fraction of sp³-hybridized carbons (Fsp3) is 0.357. The van der Waals surface area contributed by atoms with Gasteiger partial charge >= 0.3 is 0 Å². The minimum Gasteiger partial charge on any atom is -0.544 e. The number of nitrogens with zero attached hydrogens (tertiary/aromatic N) is 5. The van der Waals surface area contributed by atoms with Crippen LogP contribution in [0.4, 0.5) is 11.4 Å². The Kier molecular flexibility index (Phi) is 9.26. The van der Waals surface area contributed by atoms with Gasteiger partial charge in [0, 0.05) is 55.0 Å². The van der Waals surface area contributed by atoms with Gasteiger partial charge < -0.3 is 23.4 Å². The van der Waals surface area contributed by atoms with Gasteiger partial charge in [-0.25, -0.2) is 0 Å². The molecule has 2 aliphatic rings. The molecule has 2 aromatic heterocycles. The number of carbonyl (C=O) groups is 2. The van der Waals surface area contributed by atoms with Crippen molar-refractivity contribution in [1.29, 1.82) is 0 Å². The highest BCUT2D eigenvalue weighted by atomic mass is 28.4. The van der Waals surface area contributed by atoms with Crippen molar-refractivity contribution < 1.29 is 23.5 Å². The highest BCUT2D eigenvalue weighted by Crippen LogP contribution is 2.42. The highest BCUT2D eigenvalue weighted by molar-refractivity contribution is 6.74. The summed E-state index contributed by atoms with van der Waals surface area (Å²) in [6, 6.07) is 21.6. The molecular weight excluding hydrogens is 683 g/mol. The number of aromatic nitrogens is 3. The van der Waals surface area contributed by atoms with Crippen molar-refractivity contribution in [1.82, 2.24) is 19.2 Å². The topological polar surface area (TPSA) is 91.1 Å². The predicted octanol–water partition coefficient (Wildman–Crippen LogP) is 8.90. The van der Waals surface area contributed by atoms with Crippen molar-refractivity contribution in [3.63, 3.8) is 0 Å². The smallest absolute Gasteiger partial charge is 0.264 e. The second-order valence-corrected chi connectivity index (χ2v) is 20.4. The Balaban J connectivity index is 1.29. The first kappa shape index (κ1) is 36.1. The molecule has 0 spiro atoms. The van der Waals surface area contributed by atoms with Gasteiger partial charge in [0.1, 0.15) is 5.75 Å². The van der Waals surface area contributed by atoms with Gasteiger partial charge in [-0.3, -0.25) is 19.2 Å². The first-order valence-electron chi connectivity index (χ1n) is 18.3. The van der Waals surface area contributed by atoms with Gasteiger partial charge in [-0.2, -0.15) is 5.10 Å². The average molecular weight is 732 g/mol. The standard InChI is InChI=1S/C42H49N5O5Si/c1-10-45-28(3)34(41(49)47(32-23-43-44(7)25-32)31-15-17-33(18-16-31)52-53(8,9)42(4,5)6)20-37(45)35-21-38-39(51-26-50-38)22-36(35)40(48)46-24-30-14-12-11-13-29(30)19-27(46)2/h11-18,20-23,25,27H,10,19,24,26H2,1-9H3/t27-/m1/s1. The van der Waals surface area contributed by atoms with Crippen LogP contribution in [0, 0.1) is 6.92 Å². The number of amides is 2. The minimum atomic E-state index is -2.06. The number of ether oxygens (including phenoxy) is 2. The van der Waals surface area contributed by atoms with Crippen molar-refractivity contribution in [3.05, 3.63) is 107 Å². The van der Waals surface area contributed by atoms with Gasteiger partial charge in [0.25, 0.3) is 11.8 Å². The fourth-order valence-corrected chi connectivity index (χ4v) is 8.10.